The van der Waals surface area contributed by atoms with E-state index < -0.39 is 0 Å². The molecule has 0 heterocycles. The van der Waals surface area contributed by atoms with Gasteiger partial charge in [-0.1, -0.05) is 55.0 Å². The van der Waals surface area contributed by atoms with Crippen molar-refractivity contribution in [2.45, 2.75) is 50.5 Å². The van der Waals surface area contributed by atoms with E-state index in [9.17, 15) is 0 Å². The zero-order valence-electron chi connectivity index (χ0n) is 10.0. The third kappa shape index (κ3) is 3.37. The highest BCUT2D eigenvalue weighted by molar-refractivity contribution is 6.36. The van der Waals surface area contributed by atoms with E-state index in [1.54, 1.807) is 0 Å². The quantitative estimate of drug-likeness (QED) is 0.783. The van der Waals surface area contributed by atoms with Crippen LogP contribution in [-0.4, -0.2) is 5.54 Å². The highest BCUT2D eigenvalue weighted by Crippen LogP contribution is 2.33. The molecule has 0 atom stereocenters. The Bertz CT molecular complexity index is 362. The van der Waals surface area contributed by atoms with Gasteiger partial charge in [-0.15, -0.1) is 0 Å². The molecule has 1 aromatic rings. The predicted molar refractivity (Wildman–Crippen MR) is 74.8 cm³/mol. The lowest BCUT2D eigenvalue weighted by molar-refractivity contribution is 0.369. The van der Waals surface area contributed by atoms with Gasteiger partial charge in [0.15, 0.2) is 0 Å². The average Bonchev–Trinajstić information content (AvgIpc) is 2.49. The summed E-state index contributed by atoms with van der Waals surface area (Å²) in [5.41, 5.74) is 7.41. The van der Waals surface area contributed by atoms with Crippen molar-refractivity contribution >= 4 is 23.2 Å². The van der Waals surface area contributed by atoms with Crippen molar-refractivity contribution in [1.82, 2.24) is 0 Å². The molecule has 0 aliphatic heterocycles. The molecule has 1 nitrogen and oxygen atoms in total. The van der Waals surface area contributed by atoms with E-state index in [0.29, 0.717) is 0 Å². The van der Waals surface area contributed by atoms with Crippen molar-refractivity contribution in [1.29, 1.82) is 0 Å². The summed E-state index contributed by atoms with van der Waals surface area (Å²) in [6, 6.07) is 5.66. The molecule has 0 amide bonds. The number of rotatable bonds is 2. The Kier molecular flexibility index (Phi) is 4.35. The Morgan fingerprint density at radius 3 is 2.06 bits per heavy atom. The summed E-state index contributed by atoms with van der Waals surface area (Å²) in [5, 5.41) is 1.48. The van der Waals surface area contributed by atoms with Gasteiger partial charge in [0.25, 0.3) is 0 Å². The Morgan fingerprint density at radius 2 is 1.53 bits per heavy atom. The van der Waals surface area contributed by atoms with E-state index in [1.807, 2.05) is 18.2 Å². The lowest BCUT2D eigenvalue weighted by Gasteiger charge is -2.29. The van der Waals surface area contributed by atoms with Gasteiger partial charge in [0, 0.05) is 15.6 Å². The third-order valence-corrected chi connectivity index (χ3v) is 4.40. The Hall–Kier alpha value is -0.240. The second-order valence-corrected chi connectivity index (χ2v) is 5.97. The van der Waals surface area contributed by atoms with Gasteiger partial charge in [0.2, 0.25) is 0 Å². The van der Waals surface area contributed by atoms with Gasteiger partial charge in [0.05, 0.1) is 0 Å². The summed E-state index contributed by atoms with van der Waals surface area (Å²) in [7, 11) is 0. The summed E-state index contributed by atoms with van der Waals surface area (Å²) in [6.07, 6.45) is 8.00. The largest absolute Gasteiger partial charge is 0.325 e. The molecule has 2 rings (SSSR count). The summed E-state index contributed by atoms with van der Waals surface area (Å²) in [4.78, 5) is 0. The average molecular weight is 272 g/mol. The lowest BCUT2D eigenvalue weighted by atomic mass is 9.85. The zero-order valence-corrected chi connectivity index (χ0v) is 11.5. The molecule has 0 spiro atoms. The van der Waals surface area contributed by atoms with Crippen LogP contribution in [0.15, 0.2) is 18.2 Å². The van der Waals surface area contributed by atoms with Crippen molar-refractivity contribution in [3.05, 3.63) is 33.8 Å². The molecule has 17 heavy (non-hydrogen) atoms. The van der Waals surface area contributed by atoms with E-state index in [4.69, 9.17) is 28.9 Å². The highest BCUT2D eigenvalue weighted by atomic mass is 35.5. The van der Waals surface area contributed by atoms with E-state index in [0.717, 1.165) is 34.9 Å². The van der Waals surface area contributed by atoms with E-state index in [1.165, 1.54) is 25.7 Å². The van der Waals surface area contributed by atoms with Crippen LogP contribution in [0.4, 0.5) is 0 Å². The summed E-state index contributed by atoms with van der Waals surface area (Å²) in [6.45, 7) is 0. The second-order valence-electron chi connectivity index (χ2n) is 5.15. The van der Waals surface area contributed by atoms with Crippen LogP contribution in [0, 0.1) is 0 Å². The van der Waals surface area contributed by atoms with Gasteiger partial charge in [-0.25, -0.2) is 0 Å². The fourth-order valence-electron chi connectivity index (χ4n) is 2.66. The summed E-state index contributed by atoms with van der Waals surface area (Å²) >= 11 is 12.4. The van der Waals surface area contributed by atoms with Crippen molar-refractivity contribution in [2.75, 3.05) is 0 Å². The van der Waals surface area contributed by atoms with Crippen LogP contribution in [-0.2, 0) is 6.42 Å². The molecule has 1 aliphatic rings. The van der Waals surface area contributed by atoms with Crippen molar-refractivity contribution < 1.29 is 0 Å². The molecule has 0 unspecified atom stereocenters. The molecule has 1 aliphatic carbocycles. The molecule has 94 valence electrons. The molecular weight excluding hydrogens is 253 g/mol. The molecule has 3 heteroatoms. The first-order valence-electron chi connectivity index (χ1n) is 6.32. The minimum absolute atomic E-state index is 0.120. The van der Waals surface area contributed by atoms with E-state index >= 15 is 0 Å². The highest BCUT2D eigenvalue weighted by Gasteiger charge is 2.28. The number of hydrogen-bond acceptors (Lipinski definition) is 1. The first-order valence-corrected chi connectivity index (χ1v) is 7.08. The fraction of sp³-hybridized carbons (Fsp3) is 0.571. The van der Waals surface area contributed by atoms with Gasteiger partial charge in [-0.05, 0) is 37.0 Å². The maximum atomic E-state index is 6.51. The third-order valence-electron chi connectivity index (χ3n) is 3.69. The number of hydrogen-bond donors (Lipinski definition) is 1. The monoisotopic (exact) mass is 271 g/mol. The smallest absolute Gasteiger partial charge is 0.0453 e. The number of halogens is 2. The van der Waals surface area contributed by atoms with Crippen LogP contribution in [0.3, 0.4) is 0 Å². The van der Waals surface area contributed by atoms with Gasteiger partial charge in [0.1, 0.15) is 0 Å². The van der Waals surface area contributed by atoms with Crippen LogP contribution in [0.25, 0.3) is 0 Å². The van der Waals surface area contributed by atoms with E-state index in [-0.39, 0.29) is 5.54 Å². The molecular formula is C14H19Cl2N. The van der Waals surface area contributed by atoms with Crippen molar-refractivity contribution in [3.8, 4) is 0 Å². The van der Waals surface area contributed by atoms with Crippen LogP contribution in [0.1, 0.15) is 44.1 Å². The molecule has 1 fully saturated rings. The lowest BCUT2D eigenvalue weighted by Crippen LogP contribution is -2.41. The van der Waals surface area contributed by atoms with Gasteiger partial charge < -0.3 is 5.73 Å². The first kappa shape index (κ1) is 13.2. The van der Waals surface area contributed by atoms with Crippen molar-refractivity contribution in [2.24, 2.45) is 5.73 Å². The Balaban J connectivity index is 2.18. The Labute approximate surface area is 113 Å². The zero-order chi connectivity index (χ0) is 12.3. The SMILES string of the molecule is NC1(Cc2c(Cl)cccc2Cl)CCCCCC1. The normalized spacial score (nSPS) is 19.9. The minimum Gasteiger partial charge on any atom is -0.325 e. The maximum Gasteiger partial charge on any atom is 0.0453 e. The standard InChI is InChI=1S/C14H19Cl2N/c15-12-6-5-7-13(16)11(12)10-14(17)8-3-1-2-4-9-14/h5-7H,1-4,8-10,17H2. The summed E-state index contributed by atoms with van der Waals surface area (Å²) in [5.74, 6) is 0. The molecule has 1 saturated carbocycles. The van der Waals surface area contributed by atoms with Crippen LogP contribution in [0.5, 0.6) is 0 Å². The first-order chi connectivity index (χ1) is 8.11. The predicted octanol–water partition coefficient (Wildman–Crippen LogP) is 4.59. The molecule has 0 aromatic heterocycles. The van der Waals surface area contributed by atoms with Crippen LogP contribution >= 0.6 is 23.2 Å². The van der Waals surface area contributed by atoms with Crippen LogP contribution in [0.2, 0.25) is 10.0 Å². The molecule has 0 radical (unpaired) electrons. The molecule has 0 saturated heterocycles. The van der Waals surface area contributed by atoms with E-state index in [2.05, 4.69) is 0 Å². The maximum absolute atomic E-state index is 6.51. The minimum atomic E-state index is -0.120. The van der Waals surface area contributed by atoms with Gasteiger partial charge in [-0.3, -0.25) is 0 Å². The second kappa shape index (κ2) is 5.60. The molecule has 2 N–H and O–H groups in total. The summed E-state index contributed by atoms with van der Waals surface area (Å²) < 4.78 is 0. The number of benzene rings is 1. The number of nitrogens with two attached hydrogens (primary N) is 1. The van der Waals surface area contributed by atoms with Gasteiger partial charge >= 0.3 is 0 Å². The Morgan fingerprint density at radius 1 is 1.00 bits per heavy atom. The molecule has 1 aromatic carbocycles. The molecule has 0 bridgehead atoms. The topological polar surface area (TPSA) is 26.0 Å². The van der Waals surface area contributed by atoms with Gasteiger partial charge in [-0.2, -0.15) is 0 Å². The van der Waals surface area contributed by atoms with Crippen LogP contribution < -0.4 is 5.73 Å². The van der Waals surface area contributed by atoms with Crippen molar-refractivity contribution in [3.63, 3.8) is 0 Å². The fourth-order valence-corrected chi connectivity index (χ4v) is 3.19.